The SMILES string of the molecule is C[C@@]1(O)C[C@]2(CO1)OC[C@@H](O)[C@@H]2O. The van der Waals surface area contributed by atoms with E-state index >= 15 is 0 Å². The molecule has 0 aromatic carbocycles. The first kappa shape index (κ1) is 9.36. The molecule has 5 nitrogen and oxygen atoms in total. The van der Waals surface area contributed by atoms with Crippen molar-refractivity contribution >= 4 is 0 Å². The molecule has 2 saturated heterocycles. The van der Waals surface area contributed by atoms with Gasteiger partial charge in [-0.2, -0.15) is 0 Å². The van der Waals surface area contributed by atoms with E-state index in [-0.39, 0.29) is 19.6 Å². The van der Waals surface area contributed by atoms with Gasteiger partial charge in [-0.1, -0.05) is 0 Å². The number of hydrogen-bond donors (Lipinski definition) is 3. The predicted octanol–water partition coefficient (Wildman–Crippen LogP) is -1.39. The van der Waals surface area contributed by atoms with Crippen molar-refractivity contribution in [2.45, 2.75) is 36.9 Å². The molecule has 3 N–H and O–H groups in total. The number of ether oxygens (including phenoxy) is 2. The van der Waals surface area contributed by atoms with Crippen molar-refractivity contribution < 1.29 is 24.8 Å². The summed E-state index contributed by atoms with van der Waals surface area (Å²) in [6, 6.07) is 0. The third kappa shape index (κ3) is 1.37. The summed E-state index contributed by atoms with van der Waals surface area (Å²) in [5, 5.41) is 28.4. The summed E-state index contributed by atoms with van der Waals surface area (Å²) < 4.78 is 10.3. The second-order valence-electron chi connectivity index (χ2n) is 4.03. The van der Waals surface area contributed by atoms with E-state index in [9.17, 15) is 15.3 Å². The van der Waals surface area contributed by atoms with Gasteiger partial charge in [0.15, 0.2) is 5.79 Å². The fourth-order valence-electron chi connectivity index (χ4n) is 2.00. The molecule has 76 valence electrons. The highest BCUT2D eigenvalue weighted by Crippen LogP contribution is 2.40. The average molecular weight is 190 g/mol. The zero-order valence-corrected chi connectivity index (χ0v) is 7.43. The molecule has 0 aromatic rings. The van der Waals surface area contributed by atoms with Crippen LogP contribution in [-0.4, -0.2) is 52.1 Å². The molecule has 13 heavy (non-hydrogen) atoms. The van der Waals surface area contributed by atoms with Gasteiger partial charge in [-0.25, -0.2) is 0 Å². The molecular weight excluding hydrogens is 176 g/mol. The summed E-state index contributed by atoms with van der Waals surface area (Å²) in [5.41, 5.74) is -0.914. The summed E-state index contributed by atoms with van der Waals surface area (Å²) >= 11 is 0. The molecule has 0 radical (unpaired) electrons. The standard InChI is InChI=1S/C8H14O5/c1-7(11)3-8(4-13-7)6(10)5(9)2-12-8/h5-6,9-11H,2-4H2,1H3/t5-,6+,7+,8-/m1/s1. The molecule has 0 amide bonds. The van der Waals surface area contributed by atoms with E-state index in [0.717, 1.165) is 0 Å². The molecule has 0 unspecified atom stereocenters. The quantitative estimate of drug-likeness (QED) is 0.438. The normalized spacial score (nSPS) is 56.3. The van der Waals surface area contributed by atoms with Crippen LogP contribution < -0.4 is 0 Å². The van der Waals surface area contributed by atoms with Gasteiger partial charge in [0.05, 0.1) is 13.2 Å². The molecule has 2 aliphatic rings. The van der Waals surface area contributed by atoms with Crippen LogP contribution in [0.15, 0.2) is 0 Å². The molecular formula is C8H14O5. The predicted molar refractivity (Wildman–Crippen MR) is 41.9 cm³/mol. The minimum Gasteiger partial charge on any atom is -0.388 e. The monoisotopic (exact) mass is 190 g/mol. The maximum Gasteiger partial charge on any atom is 0.165 e. The Labute approximate surface area is 75.9 Å². The van der Waals surface area contributed by atoms with Crippen LogP contribution in [0.4, 0.5) is 0 Å². The molecule has 2 fully saturated rings. The second kappa shape index (κ2) is 2.65. The fraction of sp³-hybridized carbons (Fsp3) is 1.00. The Bertz CT molecular complexity index is 217. The first-order chi connectivity index (χ1) is 5.95. The van der Waals surface area contributed by atoms with Crippen molar-refractivity contribution in [1.82, 2.24) is 0 Å². The minimum atomic E-state index is -1.26. The third-order valence-electron chi connectivity index (χ3n) is 2.70. The summed E-state index contributed by atoms with van der Waals surface area (Å²) in [5.74, 6) is -1.26. The molecule has 5 heteroatoms. The molecule has 0 aromatic heterocycles. The number of aliphatic hydroxyl groups excluding tert-OH is 2. The van der Waals surface area contributed by atoms with Gasteiger partial charge in [0.1, 0.15) is 17.8 Å². The summed E-state index contributed by atoms with van der Waals surface area (Å²) in [4.78, 5) is 0. The Morgan fingerprint density at radius 1 is 1.31 bits per heavy atom. The first-order valence-electron chi connectivity index (χ1n) is 4.32. The van der Waals surface area contributed by atoms with Crippen molar-refractivity contribution in [1.29, 1.82) is 0 Å². The van der Waals surface area contributed by atoms with Gasteiger partial charge in [0.2, 0.25) is 0 Å². The Morgan fingerprint density at radius 2 is 2.00 bits per heavy atom. The zero-order chi connectivity index (χ0) is 9.69. The van der Waals surface area contributed by atoms with Gasteiger partial charge >= 0.3 is 0 Å². The van der Waals surface area contributed by atoms with Gasteiger partial charge < -0.3 is 24.8 Å². The molecule has 0 bridgehead atoms. The first-order valence-corrected chi connectivity index (χ1v) is 4.32. The van der Waals surface area contributed by atoms with Crippen molar-refractivity contribution in [3.63, 3.8) is 0 Å². The molecule has 4 atom stereocenters. The minimum absolute atomic E-state index is 0.0978. The van der Waals surface area contributed by atoms with Crippen LogP contribution >= 0.6 is 0 Å². The van der Waals surface area contributed by atoms with E-state index in [1.807, 2.05) is 0 Å². The van der Waals surface area contributed by atoms with E-state index in [0.29, 0.717) is 0 Å². The average Bonchev–Trinajstić information content (AvgIpc) is 2.48. The lowest BCUT2D eigenvalue weighted by Gasteiger charge is -2.25. The van der Waals surface area contributed by atoms with Crippen LogP contribution in [0, 0.1) is 0 Å². The largest absolute Gasteiger partial charge is 0.388 e. The van der Waals surface area contributed by atoms with E-state index in [1.165, 1.54) is 6.92 Å². The Kier molecular flexibility index (Phi) is 1.91. The van der Waals surface area contributed by atoms with Crippen molar-refractivity contribution in [2.24, 2.45) is 0 Å². The molecule has 1 spiro atoms. The van der Waals surface area contributed by atoms with E-state index < -0.39 is 23.6 Å². The van der Waals surface area contributed by atoms with Crippen LogP contribution in [-0.2, 0) is 9.47 Å². The van der Waals surface area contributed by atoms with Crippen LogP contribution in [0.1, 0.15) is 13.3 Å². The number of rotatable bonds is 0. The van der Waals surface area contributed by atoms with Gasteiger partial charge in [-0.3, -0.25) is 0 Å². The van der Waals surface area contributed by atoms with E-state index in [2.05, 4.69) is 0 Å². The van der Waals surface area contributed by atoms with Crippen molar-refractivity contribution in [2.75, 3.05) is 13.2 Å². The Hall–Kier alpha value is -0.200. The molecule has 2 rings (SSSR count). The number of hydrogen-bond acceptors (Lipinski definition) is 5. The summed E-state index contributed by atoms with van der Waals surface area (Å²) in [6.07, 6.45) is -1.66. The highest BCUT2D eigenvalue weighted by atomic mass is 16.7. The van der Waals surface area contributed by atoms with Crippen LogP contribution in [0.5, 0.6) is 0 Å². The maximum absolute atomic E-state index is 9.61. The maximum atomic E-state index is 9.61. The van der Waals surface area contributed by atoms with Gasteiger partial charge in [-0.05, 0) is 6.92 Å². The molecule has 0 saturated carbocycles. The molecule has 0 aliphatic carbocycles. The highest BCUT2D eigenvalue weighted by Gasteiger charge is 2.57. The zero-order valence-electron chi connectivity index (χ0n) is 7.43. The highest BCUT2D eigenvalue weighted by molar-refractivity contribution is 5.03. The van der Waals surface area contributed by atoms with Gasteiger partial charge in [0, 0.05) is 6.42 Å². The Balaban J connectivity index is 2.16. The van der Waals surface area contributed by atoms with E-state index in [4.69, 9.17) is 9.47 Å². The van der Waals surface area contributed by atoms with Gasteiger partial charge in [0.25, 0.3) is 0 Å². The smallest absolute Gasteiger partial charge is 0.165 e. The number of aliphatic hydroxyl groups is 3. The topological polar surface area (TPSA) is 79.2 Å². The Morgan fingerprint density at radius 3 is 2.38 bits per heavy atom. The molecule has 2 heterocycles. The third-order valence-corrected chi connectivity index (χ3v) is 2.70. The lowest BCUT2D eigenvalue weighted by Crippen LogP contribution is -2.44. The summed E-state index contributed by atoms with van der Waals surface area (Å²) in [6.45, 7) is 1.74. The van der Waals surface area contributed by atoms with Crippen molar-refractivity contribution in [3.8, 4) is 0 Å². The van der Waals surface area contributed by atoms with Gasteiger partial charge in [-0.15, -0.1) is 0 Å². The lowest BCUT2D eigenvalue weighted by molar-refractivity contribution is -0.155. The van der Waals surface area contributed by atoms with Crippen molar-refractivity contribution in [3.05, 3.63) is 0 Å². The van der Waals surface area contributed by atoms with Crippen LogP contribution in [0.3, 0.4) is 0 Å². The molecule has 2 aliphatic heterocycles. The van der Waals surface area contributed by atoms with Crippen LogP contribution in [0.25, 0.3) is 0 Å². The van der Waals surface area contributed by atoms with E-state index in [1.54, 1.807) is 0 Å². The second-order valence-corrected chi connectivity index (χ2v) is 4.03. The lowest BCUT2D eigenvalue weighted by atomic mass is 9.92. The summed E-state index contributed by atoms with van der Waals surface area (Å²) in [7, 11) is 0. The fourth-order valence-corrected chi connectivity index (χ4v) is 2.00. The van der Waals surface area contributed by atoms with Crippen LogP contribution in [0.2, 0.25) is 0 Å².